The van der Waals surface area contributed by atoms with Crippen LogP contribution < -0.4 is 5.73 Å². The van der Waals surface area contributed by atoms with Crippen LogP contribution in [-0.2, 0) is 4.79 Å². The number of alkyl halides is 2. The molecule has 70 valence electrons. The topological polar surface area (TPSA) is 63.3 Å². The van der Waals surface area contributed by atoms with E-state index < -0.39 is 23.9 Å². The normalized spacial score (nSPS) is 34.6. The van der Waals surface area contributed by atoms with E-state index in [-0.39, 0.29) is 6.42 Å². The molecule has 0 aromatic heterocycles. The van der Waals surface area contributed by atoms with Crippen molar-refractivity contribution in [2.24, 2.45) is 5.73 Å². The van der Waals surface area contributed by atoms with E-state index in [1.54, 1.807) is 0 Å². The van der Waals surface area contributed by atoms with Crippen molar-refractivity contribution in [3.05, 3.63) is 0 Å². The fourth-order valence-electron chi connectivity index (χ4n) is 1.42. The molecule has 1 aliphatic rings. The first-order chi connectivity index (χ1) is 5.40. The number of carboxylic acid groups (broad SMARTS) is 1. The molecule has 0 bridgehead atoms. The highest BCUT2D eigenvalue weighted by molar-refractivity contribution is 5.80. The maximum atomic E-state index is 13.0. The first kappa shape index (κ1) is 9.38. The van der Waals surface area contributed by atoms with Gasteiger partial charge in [-0.15, -0.1) is 0 Å². The van der Waals surface area contributed by atoms with Gasteiger partial charge in [0.1, 0.15) is 0 Å². The Morgan fingerprint density at radius 3 is 2.17 bits per heavy atom. The van der Waals surface area contributed by atoms with E-state index in [1.807, 2.05) is 0 Å². The number of aliphatic carboxylic acids is 1. The average molecular weight is 179 g/mol. The Balaban J connectivity index is 2.91. The van der Waals surface area contributed by atoms with Crippen LogP contribution in [0.4, 0.5) is 8.78 Å². The number of carbonyl (C=O) groups is 1. The molecule has 1 rings (SSSR count). The van der Waals surface area contributed by atoms with Gasteiger partial charge in [0.15, 0.2) is 5.54 Å². The van der Waals surface area contributed by atoms with Gasteiger partial charge in [0.2, 0.25) is 0 Å². The summed E-state index contributed by atoms with van der Waals surface area (Å²) in [6.45, 7) is 0. The van der Waals surface area contributed by atoms with Gasteiger partial charge in [0.25, 0.3) is 5.92 Å². The van der Waals surface area contributed by atoms with Gasteiger partial charge in [0.05, 0.1) is 0 Å². The zero-order chi connectivity index (χ0) is 9.41. The maximum Gasteiger partial charge on any atom is 0.329 e. The lowest BCUT2D eigenvalue weighted by atomic mass is 9.79. The van der Waals surface area contributed by atoms with Crippen molar-refractivity contribution in [3.63, 3.8) is 0 Å². The third kappa shape index (κ3) is 1.18. The Hall–Kier alpha value is -0.710. The van der Waals surface area contributed by atoms with Gasteiger partial charge in [-0.3, -0.25) is 0 Å². The quantitative estimate of drug-likeness (QED) is 0.630. The van der Waals surface area contributed by atoms with Crippen LogP contribution in [-0.4, -0.2) is 22.5 Å². The summed E-state index contributed by atoms with van der Waals surface area (Å²) in [5.74, 6) is -4.87. The monoisotopic (exact) mass is 179 g/mol. The van der Waals surface area contributed by atoms with Crippen LogP contribution in [0.1, 0.15) is 25.7 Å². The lowest BCUT2D eigenvalue weighted by Gasteiger charge is -2.36. The predicted molar refractivity (Wildman–Crippen MR) is 38.0 cm³/mol. The SMILES string of the molecule is NC1(C(=O)O)CCCCC1(F)F. The van der Waals surface area contributed by atoms with E-state index in [4.69, 9.17) is 10.8 Å². The zero-order valence-corrected chi connectivity index (χ0v) is 6.52. The van der Waals surface area contributed by atoms with Crippen LogP contribution in [0.2, 0.25) is 0 Å². The van der Waals surface area contributed by atoms with Gasteiger partial charge >= 0.3 is 5.97 Å². The van der Waals surface area contributed by atoms with Crippen LogP contribution in [0, 0.1) is 0 Å². The van der Waals surface area contributed by atoms with Crippen LogP contribution in [0.15, 0.2) is 0 Å². The molecule has 12 heavy (non-hydrogen) atoms. The highest BCUT2D eigenvalue weighted by Crippen LogP contribution is 2.40. The Labute approximate surface area is 68.5 Å². The fourth-order valence-corrected chi connectivity index (χ4v) is 1.42. The number of hydrogen-bond donors (Lipinski definition) is 2. The Morgan fingerprint density at radius 1 is 1.33 bits per heavy atom. The second-order valence-electron chi connectivity index (χ2n) is 3.19. The summed E-state index contributed by atoms with van der Waals surface area (Å²) in [6.07, 6.45) is 0.239. The van der Waals surface area contributed by atoms with Crippen LogP contribution in [0.5, 0.6) is 0 Å². The molecule has 1 aliphatic carbocycles. The van der Waals surface area contributed by atoms with E-state index in [1.165, 1.54) is 0 Å². The summed E-state index contributed by atoms with van der Waals surface area (Å²) < 4.78 is 26.0. The molecule has 3 N–H and O–H groups in total. The molecule has 0 amide bonds. The summed E-state index contributed by atoms with van der Waals surface area (Å²) in [5, 5.41) is 8.53. The number of carboxylic acids is 1. The van der Waals surface area contributed by atoms with Crippen LogP contribution in [0.25, 0.3) is 0 Å². The highest BCUT2D eigenvalue weighted by atomic mass is 19.3. The number of rotatable bonds is 1. The lowest BCUT2D eigenvalue weighted by Crippen LogP contribution is -2.62. The molecule has 3 nitrogen and oxygen atoms in total. The molecule has 1 fully saturated rings. The average Bonchev–Trinajstić information content (AvgIpc) is 1.95. The largest absolute Gasteiger partial charge is 0.480 e. The summed E-state index contributed by atoms with van der Waals surface area (Å²) in [4.78, 5) is 10.5. The molecular formula is C7H11F2NO2. The van der Waals surface area contributed by atoms with Gasteiger partial charge in [-0.1, -0.05) is 6.42 Å². The first-order valence-electron chi connectivity index (χ1n) is 3.80. The van der Waals surface area contributed by atoms with E-state index in [0.29, 0.717) is 12.8 Å². The Bertz CT molecular complexity index is 208. The van der Waals surface area contributed by atoms with Crippen molar-refractivity contribution in [3.8, 4) is 0 Å². The number of hydrogen-bond acceptors (Lipinski definition) is 2. The Morgan fingerprint density at radius 2 is 1.83 bits per heavy atom. The van der Waals surface area contributed by atoms with E-state index in [0.717, 1.165) is 0 Å². The summed E-state index contributed by atoms with van der Waals surface area (Å²) in [5.41, 5.74) is 2.79. The van der Waals surface area contributed by atoms with E-state index in [2.05, 4.69) is 0 Å². The van der Waals surface area contributed by atoms with Crippen LogP contribution in [0.3, 0.4) is 0 Å². The molecule has 1 atom stereocenters. The second kappa shape index (κ2) is 2.65. The molecule has 0 spiro atoms. The minimum absolute atomic E-state index is 0.144. The van der Waals surface area contributed by atoms with Gasteiger partial charge in [-0.25, -0.2) is 13.6 Å². The zero-order valence-electron chi connectivity index (χ0n) is 6.52. The molecule has 0 aromatic rings. The molecular weight excluding hydrogens is 168 g/mol. The van der Waals surface area contributed by atoms with Crippen molar-refractivity contribution in [2.75, 3.05) is 0 Å². The van der Waals surface area contributed by atoms with Crippen molar-refractivity contribution in [2.45, 2.75) is 37.1 Å². The van der Waals surface area contributed by atoms with E-state index in [9.17, 15) is 13.6 Å². The van der Waals surface area contributed by atoms with Gasteiger partial charge in [-0.2, -0.15) is 0 Å². The molecule has 0 heterocycles. The smallest absolute Gasteiger partial charge is 0.329 e. The van der Waals surface area contributed by atoms with Gasteiger partial charge in [-0.05, 0) is 12.8 Å². The fraction of sp³-hybridized carbons (Fsp3) is 0.857. The van der Waals surface area contributed by atoms with Crippen molar-refractivity contribution < 1.29 is 18.7 Å². The van der Waals surface area contributed by atoms with Gasteiger partial charge in [0, 0.05) is 6.42 Å². The minimum atomic E-state index is -3.27. The van der Waals surface area contributed by atoms with Crippen molar-refractivity contribution >= 4 is 5.97 Å². The Kier molecular flexibility index (Phi) is 2.07. The molecule has 1 saturated carbocycles. The highest BCUT2D eigenvalue weighted by Gasteiger charge is 2.57. The third-order valence-electron chi connectivity index (χ3n) is 2.35. The second-order valence-corrected chi connectivity index (χ2v) is 3.19. The number of nitrogens with two attached hydrogens (primary N) is 1. The van der Waals surface area contributed by atoms with Gasteiger partial charge < -0.3 is 10.8 Å². The summed E-state index contributed by atoms with van der Waals surface area (Å²) in [7, 11) is 0. The van der Waals surface area contributed by atoms with Crippen molar-refractivity contribution in [1.82, 2.24) is 0 Å². The summed E-state index contributed by atoms with van der Waals surface area (Å²) in [6, 6.07) is 0. The van der Waals surface area contributed by atoms with Crippen molar-refractivity contribution in [1.29, 1.82) is 0 Å². The third-order valence-corrected chi connectivity index (χ3v) is 2.35. The molecule has 0 aromatic carbocycles. The first-order valence-corrected chi connectivity index (χ1v) is 3.80. The summed E-state index contributed by atoms with van der Waals surface area (Å²) >= 11 is 0. The molecule has 0 radical (unpaired) electrons. The standard InChI is InChI=1S/C7H11F2NO2/c8-7(9)4-2-1-3-6(7,10)5(11)12/h1-4,10H2,(H,11,12). The molecule has 0 saturated heterocycles. The number of halogens is 2. The molecule has 0 aliphatic heterocycles. The molecule has 5 heteroatoms. The predicted octanol–water partition coefficient (Wildman–Crippen LogP) is 0.978. The van der Waals surface area contributed by atoms with Crippen LogP contribution >= 0.6 is 0 Å². The maximum absolute atomic E-state index is 13.0. The minimum Gasteiger partial charge on any atom is -0.480 e. The van der Waals surface area contributed by atoms with E-state index >= 15 is 0 Å². The lowest BCUT2D eigenvalue weighted by molar-refractivity contribution is -0.167. The molecule has 1 unspecified atom stereocenters.